The summed E-state index contributed by atoms with van der Waals surface area (Å²) >= 11 is 0. The average molecular weight is 176 g/mol. The Morgan fingerprint density at radius 1 is 1.77 bits per heavy atom. The molecule has 1 heteroatoms. The molecule has 0 bridgehead atoms. The van der Waals surface area contributed by atoms with E-state index in [-0.39, 0.29) is 6.42 Å². The number of fused-ring (bicyclic) bond motifs is 1. The lowest BCUT2D eigenvalue weighted by Crippen LogP contribution is -2.19. The Hall–Kier alpha value is -1.26. The molecular formula is C12H13N. The third-order valence-corrected chi connectivity index (χ3v) is 2.00. The van der Waals surface area contributed by atoms with E-state index in [1.165, 1.54) is 0 Å². The summed E-state index contributed by atoms with van der Waals surface area (Å²) in [6, 6.07) is 4.98. The molecule has 0 aliphatic heterocycles. The van der Waals surface area contributed by atoms with Gasteiger partial charge in [0.15, 0.2) is 0 Å². The van der Waals surface area contributed by atoms with Crippen LogP contribution >= 0.6 is 0 Å². The molecule has 0 spiro atoms. The largest absolute Gasteiger partial charge is 0.299 e. The Kier molecular flexibility index (Phi) is 1.20. The summed E-state index contributed by atoms with van der Waals surface area (Å²) < 4.78 is 39.3. The van der Waals surface area contributed by atoms with Crippen molar-refractivity contribution in [2.45, 2.75) is 18.8 Å². The highest BCUT2D eigenvalue weighted by atomic mass is 14.9. The van der Waals surface area contributed by atoms with Gasteiger partial charge in [0, 0.05) is 8.76 Å². The molecule has 0 radical (unpaired) electrons. The van der Waals surface area contributed by atoms with E-state index >= 15 is 0 Å². The second-order valence-corrected chi connectivity index (χ2v) is 2.78. The third kappa shape index (κ3) is 1.59. The van der Waals surface area contributed by atoms with Gasteiger partial charge >= 0.3 is 0 Å². The molecule has 1 N–H and O–H groups in total. The zero-order valence-electron chi connectivity index (χ0n) is 12.1. The van der Waals surface area contributed by atoms with Crippen molar-refractivity contribution < 1.29 is 6.85 Å². The molecule has 0 heterocycles. The van der Waals surface area contributed by atoms with Crippen molar-refractivity contribution in [2.24, 2.45) is 0 Å². The van der Waals surface area contributed by atoms with Gasteiger partial charge in [-0.1, -0.05) is 30.2 Å². The van der Waals surface area contributed by atoms with Crippen LogP contribution in [-0.2, 0) is 6.42 Å². The molecule has 0 amide bonds. The van der Waals surface area contributed by atoms with Gasteiger partial charge in [0.2, 0.25) is 0 Å². The average Bonchev–Trinajstić information content (AvgIpc) is 2.46. The first-order valence-electron chi connectivity index (χ1n) is 6.57. The summed E-state index contributed by atoms with van der Waals surface area (Å²) in [6.07, 6.45) is 3.21. The molecule has 1 aliphatic rings. The third-order valence-electron chi connectivity index (χ3n) is 2.00. The van der Waals surface area contributed by atoms with Crippen LogP contribution in [0.4, 0.5) is 0 Å². The second kappa shape index (κ2) is 3.64. The Bertz CT molecular complexity index is 519. The van der Waals surface area contributed by atoms with E-state index in [4.69, 9.17) is 13.3 Å². The van der Waals surface area contributed by atoms with E-state index < -0.39 is 18.9 Å². The molecule has 0 saturated carbocycles. The first kappa shape index (κ1) is 4.30. The van der Waals surface area contributed by atoms with Crippen molar-refractivity contribution in [1.29, 1.82) is 0 Å². The Balaban J connectivity index is 2.51. The van der Waals surface area contributed by atoms with Gasteiger partial charge < -0.3 is 0 Å². The predicted molar refractivity (Wildman–Crippen MR) is 54.3 cm³/mol. The number of rotatable bonds is 2. The maximum absolute atomic E-state index is 8.30. The van der Waals surface area contributed by atoms with Gasteiger partial charge in [0.1, 0.15) is 0 Å². The molecule has 1 unspecified atom stereocenters. The highest BCUT2D eigenvalue weighted by molar-refractivity contribution is 5.34. The van der Waals surface area contributed by atoms with Crippen LogP contribution in [0.15, 0.2) is 24.3 Å². The first-order valence-corrected chi connectivity index (χ1v) is 4.07. The number of aryl methyl sites for hydroxylation is 1. The van der Waals surface area contributed by atoms with Crippen molar-refractivity contribution >= 4 is 0 Å². The lowest BCUT2D eigenvalue weighted by Gasteiger charge is -2.10. The normalized spacial score (nSPS) is 35.8. The fourth-order valence-corrected chi connectivity index (χ4v) is 1.41. The van der Waals surface area contributed by atoms with Crippen molar-refractivity contribution in [1.82, 2.24) is 5.32 Å². The van der Waals surface area contributed by atoms with Crippen molar-refractivity contribution in [3.05, 3.63) is 35.4 Å². The number of hydrogen-bond donors (Lipinski definition) is 1. The lowest BCUT2D eigenvalue weighted by molar-refractivity contribution is 0.568. The van der Waals surface area contributed by atoms with Gasteiger partial charge in [-0.15, -0.1) is 6.42 Å². The van der Waals surface area contributed by atoms with Crippen LogP contribution in [0, 0.1) is 12.3 Å². The van der Waals surface area contributed by atoms with Crippen LogP contribution in [0.25, 0.3) is 0 Å². The molecule has 0 fully saturated rings. The van der Waals surface area contributed by atoms with Crippen molar-refractivity contribution in [2.75, 3.05) is 6.50 Å². The molecule has 2 rings (SSSR count). The van der Waals surface area contributed by atoms with Gasteiger partial charge in [0.05, 0.1) is 10.6 Å². The second-order valence-electron chi connectivity index (χ2n) is 2.78. The summed E-state index contributed by atoms with van der Waals surface area (Å²) in [6.45, 7) is -2.23. The maximum Gasteiger partial charge on any atom is 0.0578 e. The zero-order valence-corrected chi connectivity index (χ0v) is 7.09. The first-order chi connectivity index (χ1) is 8.22. The van der Waals surface area contributed by atoms with Gasteiger partial charge in [-0.2, -0.15) is 0 Å². The molecule has 0 saturated heterocycles. The van der Waals surface area contributed by atoms with Crippen molar-refractivity contribution in [3.8, 4) is 12.3 Å². The van der Waals surface area contributed by atoms with Gasteiger partial charge in [-0.05, 0) is 23.9 Å². The smallest absolute Gasteiger partial charge is 0.0578 e. The summed E-state index contributed by atoms with van der Waals surface area (Å²) in [5.74, 6) is 1.90. The fourth-order valence-electron chi connectivity index (χ4n) is 1.41. The predicted octanol–water partition coefficient (Wildman–Crippen LogP) is 1.90. The van der Waals surface area contributed by atoms with E-state index in [9.17, 15) is 0 Å². The summed E-state index contributed by atoms with van der Waals surface area (Å²) in [4.78, 5) is 0. The molecule has 1 aromatic carbocycles. The van der Waals surface area contributed by atoms with Crippen LogP contribution in [-0.4, -0.2) is 6.50 Å². The SMILES string of the molecule is [2H]C([2H])(C#C)NC1([2H])c2ccccc2CC1([2H])[2H]. The monoisotopic (exact) mass is 176 g/mol. The highest BCUT2D eigenvalue weighted by Gasteiger charge is 2.20. The molecular weight excluding hydrogens is 158 g/mol. The number of terminal acetylenes is 1. The Labute approximate surface area is 86.2 Å². The summed E-state index contributed by atoms with van der Waals surface area (Å²) in [5, 5.41) is 2.32. The van der Waals surface area contributed by atoms with Crippen LogP contribution in [0.5, 0.6) is 0 Å². The molecule has 66 valence electrons. The molecule has 0 aromatic heterocycles. The van der Waals surface area contributed by atoms with E-state index in [1.54, 1.807) is 24.3 Å². The van der Waals surface area contributed by atoms with E-state index in [0.29, 0.717) is 11.1 Å². The summed E-state index contributed by atoms with van der Waals surface area (Å²) in [5.41, 5.74) is 1.15. The topological polar surface area (TPSA) is 12.0 Å². The van der Waals surface area contributed by atoms with Crippen LogP contribution in [0.1, 0.15) is 30.4 Å². The van der Waals surface area contributed by atoms with E-state index in [2.05, 4.69) is 5.32 Å². The van der Waals surface area contributed by atoms with Gasteiger partial charge in [0.25, 0.3) is 0 Å². The van der Waals surface area contributed by atoms with Crippen molar-refractivity contribution in [3.63, 3.8) is 0 Å². The highest BCUT2D eigenvalue weighted by Crippen LogP contribution is 2.30. The van der Waals surface area contributed by atoms with E-state index in [0.717, 1.165) is 0 Å². The molecule has 13 heavy (non-hydrogen) atoms. The zero-order chi connectivity index (χ0) is 13.6. The molecule has 1 atom stereocenters. The number of nitrogens with one attached hydrogen (secondary N) is 1. The lowest BCUT2D eigenvalue weighted by atomic mass is 10.1. The minimum absolute atomic E-state index is 0.0698. The number of benzene rings is 1. The quantitative estimate of drug-likeness (QED) is 0.679. The number of hydrogen-bond acceptors (Lipinski definition) is 1. The van der Waals surface area contributed by atoms with E-state index in [1.807, 2.05) is 5.92 Å². The van der Waals surface area contributed by atoms with Crippen LogP contribution in [0.3, 0.4) is 0 Å². The standard InChI is InChI=1S/C12H13N/c1-2-9-13-12-8-7-10-5-3-4-6-11(10)12/h1,3-6,12-13H,7-9H2/i8D2,9D2,12D. The fraction of sp³-hybridized carbons (Fsp3) is 0.333. The summed E-state index contributed by atoms with van der Waals surface area (Å²) in [7, 11) is 0. The maximum atomic E-state index is 8.30. The minimum atomic E-state index is -2.23. The van der Waals surface area contributed by atoms with Gasteiger partial charge in [-0.3, -0.25) is 5.32 Å². The Morgan fingerprint density at radius 3 is 3.46 bits per heavy atom. The van der Waals surface area contributed by atoms with Crippen LogP contribution < -0.4 is 5.32 Å². The van der Waals surface area contributed by atoms with Gasteiger partial charge in [-0.25, -0.2) is 0 Å². The Morgan fingerprint density at radius 2 is 2.62 bits per heavy atom. The molecule has 1 aromatic rings. The molecule has 1 aliphatic carbocycles. The van der Waals surface area contributed by atoms with Crippen LogP contribution in [0.2, 0.25) is 0 Å². The molecule has 1 nitrogen and oxygen atoms in total. The minimum Gasteiger partial charge on any atom is -0.299 e.